The van der Waals surface area contributed by atoms with Crippen LogP contribution in [0.15, 0.2) is 84.9 Å². The summed E-state index contributed by atoms with van der Waals surface area (Å²) in [4.78, 5) is 14.4. The van der Waals surface area contributed by atoms with Crippen LogP contribution < -0.4 is 3.58 Å². The summed E-state index contributed by atoms with van der Waals surface area (Å²) >= 11 is 3.41. The number of ketones is 1. The van der Waals surface area contributed by atoms with Crippen LogP contribution in [0.1, 0.15) is 75.2 Å². The number of hydrogen-bond donors (Lipinski definition) is 0. The molecule has 0 aromatic heterocycles. The van der Waals surface area contributed by atoms with Gasteiger partial charge in [-0.1, -0.05) is 0 Å². The summed E-state index contributed by atoms with van der Waals surface area (Å²) in [5.74, 6) is 0.121. The van der Waals surface area contributed by atoms with Crippen LogP contribution in [-0.2, 0) is 0 Å². The van der Waals surface area contributed by atoms with Crippen molar-refractivity contribution in [3.05, 3.63) is 101 Å². The Morgan fingerprint density at radius 2 is 1.26 bits per heavy atom. The summed E-state index contributed by atoms with van der Waals surface area (Å²) in [7, 11) is 0. The van der Waals surface area contributed by atoms with E-state index in [4.69, 9.17) is 11.6 Å². The van der Waals surface area contributed by atoms with Crippen molar-refractivity contribution in [1.29, 1.82) is 0 Å². The minimum atomic E-state index is -2.97. The Kier molecular flexibility index (Phi) is 10.5. The molecule has 198 valence electrons. The van der Waals surface area contributed by atoms with Crippen molar-refractivity contribution in [2.45, 2.75) is 72.6 Å². The van der Waals surface area contributed by atoms with Crippen LogP contribution >= 0.6 is 11.6 Å². The fourth-order valence-electron chi connectivity index (χ4n) is 5.98. The average Bonchev–Trinajstić information content (AvgIpc) is 2.96. The van der Waals surface area contributed by atoms with Gasteiger partial charge in [-0.2, -0.15) is 0 Å². The van der Waals surface area contributed by atoms with E-state index in [-0.39, 0.29) is 5.78 Å². The third-order valence-corrected chi connectivity index (χ3v) is 23.9. The Hall–Kier alpha value is -2.10. The van der Waals surface area contributed by atoms with Gasteiger partial charge in [0, 0.05) is 0 Å². The van der Waals surface area contributed by atoms with Gasteiger partial charge in [0.1, 0.15) is 0 Å². The van der Waals surface area contributed by atoms with Crippen LogP contribution in [0.25, 0.3) is 21.9 Å². The molecule has 4 aromatic rings. The van der Waals surface area contributed by atoms with Crippen LogP contribution in [-0.4, -0.2) is 24.2 Å². The maximum atomic E-state index is 14.4. The molecule has 0 fully saturated rings. The molecule has 0 saturated heterocycles. The van der Waals surface area contributed by atoms with Crippen molar-refractivity contribution < 1.29 is 4.79 Å². The SMILES string of the molecule is CCC[CH2][Sn]([CH2]CCC)([CH2]CCC)[c]1cc2ccccc2c(C(=O)c2ccccc2)c1-c1ccc(Cl)cc1. The number of halogens is 1. The molecule has 0 aliphatic heterocycles. The average molecular weight is 632 g/mol. The summed E-state index contributed by atoms with van der Waals surface area (Å²) in [5.41, 5.74) is 3.94. The van der Waals surface area contributed by atoms with Gasteiger partial charge in [0.25, 0.3) is 0 Å². The molecule has 4 aromatic carbocycles. The predicted molar refractivity (Wildman–Crippen MR) is 169 cm³/mol. The van der Waals surface area contributed by atoms with Gasteiger partial charge in [0.15, 0.2) is 0 Å². The molecule has 0 radical (unpaired) electrons. The molecule has 4 rings (SSSR count). The fourth-order valence-corrected chi connectivity index (χ4v) is 23.0. The third kappa shape index (κ3) is 6.37. The Labute approximate surface area is 238 Å². The quantitative estimate of drug-likeness (QED) is 0.106. The topological polar surface area (TPSA) is 17.1 Å². The second kappa shape index (κ2) is 13.8. The Morgan fingerprint density at radius 3 is 1.84 bits per heavy atom. The Bertz CT molecular complexity index is 1320. The monoisotopic (exact) mass is 632 g/mol. The number of unbranched alkanes of at least 4 members (excludes halogenated alkanes) is 3. The molecule has 1 nitrogen and oxygen atoms in total. The van der Waals surface area contributed by atoms with Crippen LogP contribution in [0.3, 0.4) is 0 Å². The molecule has 38 heavy (non-hydrogen) atoms. The minimum absolute atomic E-state index is 0.121. The number of carbonyl (C=O) groups excluding carboxylic acids is 1. The van der Waals surface area contributed by atoms with Gasteiger partial charge in [-0.25, -0.2) is 0 Å². The van der Waals surface area contributed by atoms with Crippen LogP contribution in [0.2, 0.25) is 18.3 Å². The van der Waals surface area contributed by atoms with Gasteiger partial charge in [-0.15, -0.1) is 0 Å². The first-order valence-corrected chi connectivity index (χ1v) is 22.3. The molecular formula is C35H41ClOSn. The van der Waals surface area contributed by atoms with E-state index in [1.807, 2.05) is 42.5 Å². The maximum absolute atomic E-state index is 14.4. The number of carbonyl (C=O) groups is 1. The normalized spacial score (nSPS) is 11.7. The molecule has 0 aliphatic rings. The standard InChI is InChI=1S/C23H14ClO.3C4H9.Sn/c24-19-13-10-17(11-14-19)21-15-12-16-6-4-5-9-20(16)22(21)23(25)18-7-2-1-3-8-18;3*1-3-4-2;/h1-14H;3*1,3-4H2,2H3;. The van der Waals surface area contributed by atoms with E-state index in [0.717, 1.165) is 27.1 Å². The Balaban J connectivity index is 2.13. The van der Waals surface area contributed by atoms with E-state index in [9.17, 15) is 4.79 Å². The van der Waals surface area contributed by atoms with E-state index < -0.39 is 18.4 Å². The molecule has 3 heteroatoms. The van der Waals surface area contributed by atoms with E-state index in [0.29, 0.717) is 0 Å². The molecule has 0 atom stereocenters. The zero-order chi connectivity index (χ0) is 27.0. The molecular weight excluding hydrogens is 591 g/mol. The molecule has 0 bridgehead atoms. The van der Waals surface area contributed by atoms with E-state index in [1.165, 1.54) is 62.8 Å². The van der Waals surface area contributed by atoms with Gasteiger partial charge in [0.2, 0.25) is 0 Å². The number of fused-ring (bicyclic) bond motifs is 1. The van der Waals surface area contributed by atoms with Gasteiger partial charge in [0.05, 0.1) is 0 Å². The first kappa shape index (κ1) is 28.9. The van der Waals surface area contributed by atoms with Crippen LogP contribution in [0.5, 0.6) is 0 Å². The first-order chi connectivity index (χ1) is 18.5. The van der Waals surface area contributed by atoms with Crippen molar-refractivity contribution in [3.63, 3.8) is 0 Å². The summed E-state index contributed by atoms with van der Waals surface area (Å²) in [6.45, 7) is 6.96. The van der Waals surface area contributed by atoms with Crippen molar-refractivity contribution in [3.8, 4) is 11.1 Å². The van der Waals surface area contributed by atoms with Gasteiger partial charge in [-0.05, 0) is 0 Å². The summed E-state index contributed by atoms with van der Waals surface area (Å²) in [5, 5.41) is 2.98. The van der Waals surface area contributed by atoms with Crippen molar-refractivity contribution in [2.24, 2.45) is 0 Å². The van der Waals surface area contributed by atoms with Crippen LogP contribution in [0, 0.1) is 0 Å². The van der Waals surface area contributed by atoms with Gasteiger partial charge >= 0.3 is 240 Å². The van der Waals surface area contributed by atoms with E-state index in [1.54, 1.807) is 3.58 Å². The molecule has 0 aliphatic carbocycles. The molecule has 0 N–H and O–H groups in total. The molecule has 0 spiro atoms. The molecule has 0 heterocycles. The predicted octanol–water partition coefficient (Wildman–Crippen LogP) is 10.4. The Morgan fingerprint density at radius 1 is 0.711 bits per heavy atom. The van der Waals surface area contributed by atoms with Crippen LogP contribution in [0.4, 0.5) is 0 Å². The molecule has 0 saturated carbocycles. The van der Waals surface area contributed by atoms with Crippen molar-refractivity contribution >= 4 is 50.1 Å². The molecule has 0 unspecified atom stereocenters. The van der Waals surface area contributed by atoms with Crippen molar-refractivity contribution in [1.82, 2.24) is 0 Å². The van der Waals surface area contributed by atoms with Gasteiger partial charge in [-0.3, -0.25) is 0 Å². The zero-order valence-electron chi connectivity index (χ0n) is 23.2. The summed E-state index contributed by atoms with van der Waals surface area (Å²) in [6, 6.07) is 29.1. The number of rotatable bonds is 13. The number of benzene rings is 4. The second-order valence-corrected chi connectivity index (χ2v) is 24.3. The molecule has 0 amide bonds. The van der Waals surface area contributed by atoms with Gasteiger partial charge < -0.3 is 0 Å². The first-order valence-electron chi connectivity index (χ1n) is 14.5. The van der Waals surface area contributed by atoms with Crippen molar-refractivity contribution in [2.75, 3.05) is 0 Å². The number of hydrogen-bond acceptors (Lipinski definition) is 1. The third-order valence-electron chi connectivity index (χ3n) is 8.04. The zero-order valence-corrected chi connectivity index (χ0v) is 26.8. The van der Waals surface area contributed by atoms with E-state index >= 15 is 0 Å². The summed E-state index contributed by atoms with van der Waals surface area (Å²) < 4.78 is 5.60. The fraction of sp³-hybridized carbons (Fsp3) is 0.343. The summed E-state index contributed by atoms with van der Waals surface area (Å²) in [6.07, 6.45) is 7.48. The second-order valence-electron chi connectivity index (χ2n) is 10.7. The van der Waals surface area contributed by atoms with E-state index in [2.05, 4.69) is 63.2 Å².